The summed E-state index contributed by atoms with van der Waals surface area (Å²) in [4.78, 5) is 13.5. The lowest BCUT2D eigenvalue weighted by Gasteiger charge is -2.03. The van der Waals surface area contributed by atoms with Crippen LogP contribution in [0.5, 0.6) is 0 Å². The summed E-state index contributed by atoms with van der Waals surface area (Å²) in [5.74, 6) is 0. The molecule has 0 aliphatic heterocycles. The Balaban J connectivity index is 0.000000280. The minimum Gasteiger partial charge on any atom is -0.468 e. The van der Waals surface area contributed by atoms with E-state index in [0.29, 0.717) is 13.1 Å². The molecule has 0 aliphatic carbocycles. The third kappa shape index (κ3) is 3.70. The summed E-state index contributed by atoms with van der Waals surface area (Å²) in [6, 6.07) is 6.11. The molecule has 0 saturated heterocycles. The highest BCUT2D eigenvalue weighted by atomic mass is 35.5. The molecule has 0 N–H and O–H groups in total. The van der Waals surface area contributed by atoms with E-state index in [1.54, 1.807) is 13.1 Å². The van der Waals surface area contributed by atoms with Crippen LogP contribution in [0.4, 0.5) is 0 Å². The molecule has 1 aromatic carbocycles. The minimum absolute atomic E-state index is 0.431. The number of carbonyl (C=O) groups is 1. The van der Waals surface area contributed by atoms with Gasteiger partial charge in [-0.15, -0.1) is 0 Å². The van der Waals surface area contributed by atoms with Crippen LogP contribution in [0.15, 0.2) is 24.4 Å². The van der Waals surface area contributed by atoms with Crippen molar-refractivity contribution in [2.75, 3.05) is 6.61 Å². The standard InChI is InChI=1S/C11H10ClN.C3H6O2/c1-7-3-4-10-9(5-7)11(12)8(2)6-13-10;1-2-5-3-4/h3-6H,1-2H3;3H,2H2,1H3. The minimum atomic E-state index is 0.431. The summed E-state index contributed by atoms with van der Waals surface area (Å²) < 4.78 is 4.15. The van der Waals surface area contributed by atoms with E-state index >= 15 is 0 Å². The maximum Gasteiger partial charge on any atom is 0.293 e. The molecule has 1 heterocycles. The third-order valence-electron chi connectivity index (χ3n) is 2.37. The first-order valence-electron chi connectivity index (χ1n) is 5.66. The maximum atomic E-state index is 9.18. The number of aryl methyl sites for hydroxylation is 2. The fourth-order valence-corrected chi connectivity index (χ4v) is 1.64. The number of pyridine rings is 1. The highest BCUT2D eigenvalue weighted by Gasteiger charge is 2.02. The van der Waals surface area contributed by atoms with Gasteiger partial charge in [-0.05, 0) is 38.5 Å². The molecule has 3 nitrogen and oxygen atoms in total. The van der Waals surface area contributed by atoms with E-state index in [4.69, 9.17) is 11.6 Å². The molecule has 0 amide bonds. The van der Waals surface area contributed by atoms with Gasteiger partial charge in [0, 0.05) is 11.6 Å². The first-order valence-corrected chi connectivity index (χ1v) is 6.04. The van der Waals surface area contributed by atoms with Gasteiger partial charge >= 0.3 is 0 Å². The van der Waals surface area contributed by atoms with Crippen molar-refractivity contribution in [3.63, 3.8) is 0 Å². The number of carbonyl (C=O) groups excluding carboxylic acids is 1. The molecule has 2 rings (SSSR count). The van der Waals surface area contributed by atoms with Gasteiger partial charge in [0.05, 0.1) is 17.1 Å². The summed E-state index contributed by atoms with van der Waals surface area (Å²) in [5.41, 5.74) is 3.20. The van der Waals surface area contributed by atoms with Gasteiger partial charge in [0.1, 0.15) is 0 Å². The Labute approximate surface area is 112 Å². The molecule has 0 unspecified atom stereocenters. The van der Waals surface area contributed by atoms with Gasteiger partial charge in [0.2, 0.25) is 0 Å². The molecule has 0 saturated carbocycles. The number of benzene rings is 1. The van der Waals surface area contributed by atoms with Crippen LogP contribution in [0.25, 0.3) is 10.9 Å². The van der Waals surface area contributed by atoms with E-state index in [9.17, 15) is 4.79 Å². The average molecular weight is 266 g/mol. The molecule has 1 aromatic heterocycles. The van der Waals surface area contributed by atoms with Crippen LogP contribution in [-0.4, -0.2) is 18.1 Å². The smallest absolute Gasteiger partial charge is 0.293 e. The van der Waals surface area contributed by atoms with Crippen molar-refractivity contribution in [2.45, 2.75) is 20.8 Å². The van der Waals surface area contributed by atoms with Gasteiger partial charge in [0.25, 0.3) is 6.47 Å². The number of nitrogens with zero attached hydrogens (tertiary/aromatic N) is 1. The zero-order chi connectivity index (χ0) is 13.5. The van der Waals surface area contributed by atoms with Crippen molar-refractivity contribution < 1.29 is 9.53 Å². The van der Waals surface area contributed by atoms with Crippen molar-refractivity contribution in [1.82, 2.24) is 4.98 Å². The highest BCUT2D eigenvalue weighted by molar-refractivity contribution is 6.36. The maximum absolute atomic E-state index is 9.18. The second-order valence-corrected chi connectivity index (χ2v) is 4.21. The van der Waals surface area contributed by atoms with Crippen LogP contribution < -0.4 is 0 Å². The number of rotatable bonds is 2. The topological polar surface area (TPSA) is 39.2 Å². The van der Waals surface area contributed by atoms with Gasteiger partial charge < -0.3 is 4.74 Å². The van der Waals surface area contributed by atoms with E-state index in [-0.39, 0.29) is 0 Å². The number of hydrogen-bond acceptors (Lipinski definition) is 3. The molecule has 4 heteroatoms. The summed E-state index contributed by atoms with van der Waals surface area (Å²) in [7, 11) is 0. The number of fused-ring (bicyclic) bond motifs is 1. The Morgan fingerprint density at radius 1 is 1.39 bits per heavy atom. The van der Waals surface area contributed by atoms with E-state index < -0.39 is 0 Å². The second kappa shape index (κ2) is 6.97. The summed E-state index contributed by atoms with van der Waals surface area (Å²) in [5, 5.41) is 1.86. The molecule has 0 radical (unpaired) electrons. The molecule has 2 aromatic rings. The zero-order valence-corrected chi connectivity index (χ0v) is 11.5. The Kier molecular flexibility index (Phi) is 5.59. The Hall–Kier alpha value is -1.61. The summed E-state index contributed by atoms with van der Waals surface area (Å²) in [6.45, 7) is 6.69. The fourth-order valence-electron chi connectivity index (χ4n) is 1.44. The summed E-state index contributed by atoms with van der Waals surface area (Å²) >= 11 is 6.16. The normalized spacial score (nSPS) is 9.56. The lowest BCUT2D eigenvalue weighted by atomic mass is 10.1. The van der Waals surface area contributed by atoms with E-state index in [0.717, 1.165) is 21.5 Å². The predicted molar refractivity (Wildman–Crippen MR) is 73.9 cm³/mol. The molecule has 0 aliphatic rings. The fraction of sp³-hybridized carbons (Fsp3) is 0.286. The lowest BCUT2D eigenvalue weighted by Crippen LogP contribution is -1.84. The van der Waals surface area contributed by atoms with Crippen LogP contribution in [0.3, 0.4) is 0 Å². The molecule has 0 spiro atoms. The zero-order valence-electron chi connectivity index (χ0n) is 10.7. The largest absolute Gasteiger partial charge is 0.468 e. The molecule has 0 fully saturated rings. The third-order valence-corrected chi connectivity index (χ3v) is 2.87. The number of aromatic nitrogens is 1. The first kappa shape index (κ1) is 14.5. The number of ether oxygens (including phenoxy) is 1. The van der Waals surface area contributed by atoms with Crippen LogP contribution in [-0.2, 0) is 9.53 Å². The van der Waals surface area contributed by atoms with Crippen LogP contribution in [0, 0.1) is 13.8 Å². The van der Waals surface area contributed by atoms with Crippen LogP contribution in [0.2, 0.25) is 5.02 Å². The van der Waals surface area contributed by atoms with E-state index in [1.807, 2.05) is 19.1 Å². The second-order valence-electron chi connectivity index (χ2n) is 3.83. The number of halogens is 1. The molecule has 18 heavy (non-hydrogen) atoms. The lowest BCUT2D eigenvalue weighted by molar-refractivity contribution is -0.128. The molecular weight excluding hydrogens is 250 g/mol. The highest BCUT2D eigenvalue weighted by Crippen LogP contribution is 2.25. The van der Waals surface area contributed by atoms with Gasteiger partial charge in [-0.3, -0.25) is 9.78 Å². The molecule has 0 bridgehead atoms. The molecule has 0 atom stereocenters. The molecule has 96 valence electrons. The van der Waals surface area contributed by atoms with Crippen LogP contribution in [0.1, 0.15) is 18.1 Å². The van der Waals surface area contributed by atoms with E-state index in [2.05, 4.69) is 22.7 Å². The predicted octanol–water partition coefficient (Wildman–Crippen LogP) is 3.68. The van der Waals surface area contributed by atoms with Crippen molar-refractivity contribution in [3.8, 4) is 0 Å². The van der Waals surface area contributed by atoms with Crippen molar-refractivity contribution in [1.29, 1.82) is 0 Å². The van der Waals surface area contributed by atoms with E-state index in [1.165, 1.54) is 5.56 Å². The van der Waals surface area contributed by atoms with Crippen molar-refractivity contribution in [2.24, 2.45) is 0 Å². The Morgan fingerprint density at radius 2 is 2.11 bits per heavy atom. The van der Waals surface area contributed by atoms with Crippen LogP contribution >= 0.6 is 11.6 Å². The molecular formula is C14H16ClNO2. The SMILES string of the molecule is CCOC=O.Cc1ccc2ncc(C)c(Cl)c2c1. The first-order chi connectivity index (χ1) is 8.60. The Bertz CT molecular complexity index is 535. The summed E-state index contributed by atoms with van der Waals surface area (Å²) in [6.07, 6.45) is 1.81. The van der Waals surface area contributed by atoms with Gasteiger partial charge in [-0.25, -0.2) is 0 Å². The van der Waals surface area contributed by atoms with Crippen molar-refractivity contribution >= 4 is 29.0 Å². The van der Waals surface area contributed by atoms with Gasteiger partial charge in [0.15, 0.2) is 0 Å². The van der Waals surface area contributed by atoms with Crippen molar-refractivity contribution in [3.05, 3.63) is 40.5 Å². The average Bonchev–Trinajstić information content (AvgIpc) is 2.36. The Morgan fingerprint density at radius 3 is 2.67 bits per heavy atom. The van der Waals surface area contributed by atoms with Gasteiger partial charge in [-0.2, -0.15) is 0 Å². The quantitative estimate of drug-likeness (QED) is 0.778. The van der Waals surface area contributed by atoms with Gasteiger partial charge in [-0.1, -0.05) is 23.2 Å². The monoisotopic (exact) mass is 265 g/mol. The number of hydrogen-bond donors (Lipinski definition) is 0.